The summed E-state index contributed by atoms with van der Waals surface area (Å²) in [5, 5.41) is 21.7. The van der Waals surface area contributed by atoms with E-state index in [2.05, 4.69) is 5.32 Å². The summed E-state index contributed by atoms with van der Waals surface area (Å²) in [6.45, 7) is 4.04. The van der Waals surface area contributed by atoms with Crippen LogP contribution in [-0.4, -0.2) is 22.4 Å². The van der Waals surface area contributed by atoms with Gasteiger partial charge >= 0.3 is 0 Å². The van der Waals surface area contributed by atoms with E-state index in [9.17, 15) is 9.50 Å². The van der Waals surface area contributed by atoms with E-state index in [0.29, 0.717) is 18.5 Å². The van der Waals surface area contributed by atoms with Crippen molar-refractivity contribution < 1.29 is 14.6 Å². The molecule has 0 heterocycles. The molecular weight excluding hydrogens is 209 g/mol. The number of aromatic hydroxyl groups is 1. The number of aliphatic hydroxyl groups excluding tert-OH is 1. The molecular formula is C12H18FNO2. The summed E-state index contributed by atoms with van der Waals surface area (Å²) >= 11 is 0. The molecule has 1 aromatic carbocycles. The minimum atomic E-state index is -0.609. The maximum atomic E-state index is 13.0. The van der Waals surface area contributed by atoms with Gasteiger partial charge in [-0.2, -0.15) is 0 Å². The van der Waals surface area contributed by atoms with Crippen LogP contribution in [0.25, 0.3) is 0 Å². The molecule has 0 bridgehead atoms. The molecule has 4 heteroatoms. The average molecular weight is 227 g/mol. The van der Waals surface area contributed by atoms with Crippen molar-refractivity contribution in [1.82, 2.24) is 5.32 Å². The number of benzene rings is 1. The molecule has 1 rings (SSSR count). The van der Waals surface area contributed by atoms with Crippen LogP contribution in [0.5, 0.6) is 5.75 Å². The third kappa shape index (κ3) is 3.79. The van der Waals surface area contributed by atoms with Crippen molar-refractivity contribution in [2.24, 2.45) is 0 Å². The summed E-state index contributed by atoms with van der Waals surface area (Å²) in [6, 6.07) is 4.56. The second-order valence-corrected chi connectivity index (χ2v) is 4.11. The molecule has 0 radical (unpaired) electrons. The van der Waals surface area contributed by atoms with E-state index in [0.717, 1.165) is 0 Å². The third-order valence-electron chi connectivity index (χ3n) is 2.41. The molecule has 0 saturated carbocycles. The quantitative estimate of drug-likeness (QED) is 0.718. The monoisotopic (exact) mass is 227 g/mol. The van der Waals surface area contributed by atoms with Crippen LogP contribution in [0.4, 0.5) is 4.39 Å². The number of para-hydroxylation sites is 1. The predicted octanol–water partition coefficient (Wildman–Crippen LogP) is 1.78. The first-order chi connectivity index (χ1) is 7.50. The molecule has 16 heavy (non-hydrogen) atoms. The van der Waals surface area contributed by atoms with Gasteiger partial charge in [0.1, 0.15) is 0 Å². The van der Waals surface area contributed by atoms with Gasteiger partial charge in [-0.25, -0.2) is 4.39 Å². The summed E-state index contributed by atoms with van der Waals surface area (Å²) in [5.74, 6) is -0.915. The van der Waals surface area contributed by atoms with E-state index in [-0.39, 0.29) is 17.9 Å². The molecule has 0 aromatic heterocycles. The van der Waals surface area contributed by atoms with Crippen LogP contribution in [0, 0.1) is 5.82 Å². The van der Waals surface area contributed by atoms with Gasteiger partial charge in [0.25, 0.3) is 0 Å². The molecule has 1 aromatic rings. The lowest BCUT2D eigenvalue weighted by Crippen LogP contribution is -2.28. The first kappa shape index (κ1) is 12.9. The fourth-order valence-electron chi connectivity index (χ4n) is 1.58. The van der Waals surface area contributed by atoms with E-state index in [1.165, 1.54) is 6.07 Å². The van der Waals surface area contributed by atoms with Crippen molar-refractivity contribution in [2.75, 3.05) is 0 Å². The minimum absolute atomic E-state index is 0.114. The largest absolute Gasteiger partial charge is 0.505 e. The molecule has 0 fully saturated rings. The van der Waals surface area contributed by atoms with E-state index >= 15 is 0 Å². The first-order valence-corrected chi connectivity index (χ1v) is 5.38. The normalized spacial score (nSPS) is 14.8. The van der Waals surface area contributed by atoms with Gasteiger partial charge in [0.15, 0.2) is 11.6 Å². The summed E-state index contributed by atoms with van der Waals surface area (Å²) in [7, 11) is 0. The fraction of sp³-hybridized carbons (Fsp3) is 0.500. The van der Waals surface area contributed by atoms with Gasteiger partial charge in [0, 0.05) is 18.2 Å². The van der Waals surface area contributed by atoms with E-state index in [1.54, 1.807) is 19.1 Å². The van der Waals surface area contributed by atoms with E-state index in [4.69, 9.17) is 5.11 Å². The minimum Gasteiger partial charge on any atom is -0.505 e. The van der Waals surface area contributed by atoms with Crippen molar-refractivity contribution in [3.8, 4) is 5.75 Å². The number of hydrogen-bond acceptors (Lipinski definition) is 3. The van der Waals surface area contributed by atoms with Crippen LogP contribution in [0.2, 0.25) is 0 Å². The van der Waals surface area contributed by atoms with Gasteiger partial charge in [-0.1, -0.05) is 12.1 Å². The molecule has 90 valence electrons. The lowest BCUT2D eigenvalue weighted by atomic mass is 10.1. The number of halogens is 1. The molecule has 2 unspecified atom stereocenters. The Morgan fingerprint density at radius 1 is 1.38 bits per heavy atom. The Hall–Kier alpha value is -1.13. The lowest BCUT2D eigenvalue weighted by Gasteiger charge is -2.15. The molecule has 0 aliphatic rings. The summed E-state index contributed by atoms with van der Waals surface area (Å²) in [6.07, 6.45) is 0.249. The van der Waals surface area contributed by atoms with Crippen molar-refractivity contribution in [2.45, 2.75) is 39.0 Å². The highest BCUT2D eigenvalue weighted by Crippen LogP contribution is 2.20. The van der Waals surface area contributed by atoms with Crippen molar-refractivity contribution in [3.05, 3.63) is 29.6 Å². The van der Waals surface area contributed by atoms with Crippen LogP contribution in [0.3, 0.4) is 0 Å². The van der Waals surface area contributed by atoms with Crippen LogP contribution in [0.15, 0.2) is 18.2 Å². The Bertz CT molecular complexity index is 342. The maximum absolute atomic E-state index is 13.0. The van der Waals surface area contributed by atoms with E-state index < -0.39 is 5.82 Å². The number of hydrogen-bond donors (Lipinski definition) is 3. The summed E-state index contributed by atoms with van der Waals surface area (Å²) in [4.78, 5) is 0. The zero-order valence-electron chi connectivity index (χ0n) is 9.57. The van der Waals surface area contributed by atoms with Crippen molar-refractivity contribution in [1.29, 1.82) is 0 Å². The second kappa shape index (κ2) is 5.82. The third-order valence-corrected chi connectivity index (χ3v) is 2.41. The molecule has 0 aliphatic carbocycles. The Morgan fingerprint density at radius 2 is 2.06 bits per heavy atom. The van der Waals surface area contributed by atoms with Gasteiger partial charge in [-0.15, -0.1) is 0 Å². The molecule has 0 aliphatic heterocycles. The Balaban J connectivity index is 2.51. The number of rotatable bonds is 5. The van der Waals surface area contributed by atoms with Gasteiger partial charge in [-0.3, -0.25) is 0 Å². The van der Waals surface area contributed by atoms with Gasteiger partial charge in [0.2, 0.25) is 0 Å². The zero-order chi connectivity index (χ0) is 12.1. The highest BCUT2D eigenvalue weighted by molar-refractivity contribution is 5.33. The number of nitrogens with one attached hydrogen (secondary N) is 1. The Kier molecular flexibility index (Phi) is 4.71. The van der Waals surface area contributed by atoms with Gasteiger partial charge < -0.3 is 15.5 Å². The zero-order valence-corrected chi connectivity index (χ0v) is 9.57. The van der Waals surface area contributed by atoms with Crippen molar-refractivity contribution in [3.63, 3.8) is 0 Å². The molecule has 0 amide bonds. The fourth-order valence-corrected chi connectivity index (χ4v) is 1.58. The Morgan fingerprint density at radius 3 is 2.69 bits per heavy atom. The highest BCUT2D eigenvalue weighted by Gasteiger charge is 2.09. The molecule has 0 saturated heterocycles. The van der Waals surface area contributed by atoms with Gasteiger partial charge in [0.05, 0.1) is 6.10 Å². The first-order valence-electron chi connectivity index (χ1n) is 5.38. The SMILES string of the molecule is CC(O)CC(C)NCc1cccc(F)c1O. The smallest absolute Gasteiger partial charge is 0.165 e. The van der Waals surface area contributed by atoms with Crippen LogP contribution >= 0.6 is 0 Å². The van der Waals surface area contributed by atoms with Crippen molar-refractivity contribution >= 4 is 0 Å². The second-order valence-electron chi connectivity index (χ2n) is 4.11. The standard InChI is InChI=1S/C12H18FNO2/c1-8(6-9(2)15)14-7-10-4-3-5-11(13)12(10)16/h3-5,8-9,14-16H,6-7H2,1-2H3. The molecule has 3 nitrogen and oxygen atoms in total. The molecule has 3 N–H and O–H groups in total. The molecule has 0 spiro atoms. The number of aliphatic hydroxyl groups is 1. The maximum Gasteiger partial charge on any atom is 0.165 e. The molecule has 2 atom stereocenters. The average Bonchev–Trinajstić information content (AvgIpc) is 2.19. The summed E-state index contributed by atoms with van der Waals surface area (Å²) in [5.41, 5.74) is 0.525. The van der Waals surface area contributed by atoms with Crippen LogP contribution < -0.4 is 5.32 Å². The topological polar surface area (TPSA) is 52.5 Å². The summed E-state index contributed by atoms with van der Waals surface area (Å²) < 4.78 is 13.0. The predicted molar refractivity (Wildman–Crippen MR) is 60.7 cm³/mol. The number of phenols is 1. The van der Waals surface area contributed by atoms with Crippen LogP contribution in [-0.2, 0) is 6.54 Å². The van der Waals surface area contributed by atoms with Gasteiger partial charge in [-0.05, 0) is 26.3 Å². The number of phenolic OH excluding ortho intramolecular Hbond substituents is 1. The Labute approximate surface area is 94.9 Å². The van der Waals surface area contributed by atoms with Crippen LogP contribution in [0.1, 0.15) is 25.8 Å². The lowest BCUT2D eigenvalue weighted by molar-refractivity contribution is 0.170. The van der Waals surface area contributed by atoms with E-state index in [1.807, 2.05) is 6.92 Å². The highest BCUT2D eigenvalue weighted by atomic mass is 19.1.